The number of rotatable bonds is 6. The largest absolute Gasteiger partial charge is 0.535 e. The molecule has 2 N–H and O–H groups in total. The SMILES string of the molecule is CN(C#N)CCC[C@H](N)C(=O)OB1C2CCCC1CCC2. The summed E-state index contributed by atoms with van der Waals surface area (Å²) in [6.07, 6.45) is 10.7. The molecule has 2 bridgehead atoms. The fraction of sp³-hybridized carbons (Fsp3) is 0.867. The van der Waals surface area contributed by atoms with E-state index < -0.39 is 6.04 Å². The van der Waals surface area contributed by atoms with E-state index in [1.807, 2.05) is 6.19 Å². The molecule has 2 heterocycles. The Kier molecular flexibility index (Phi) is 5.92. The Labute approximate surface area is 127 Å². The van der Waals surface area contributed by atoms with E-state index in [-0.39, 0.29) is 12.9 Å². The van der Waals surface area contributed by atoms with Crippen LogP contribution in [0.4, 0.5) is 0 Å². The van der Waals surface area contributed by atoms with Gasteiger partial charge in [0.15, 0.2) is 6.19 Å². The first kappa shape index (κ1) is 16.2. The van der Waals surface area contributed by atoms with Crippen molar-refractivity contribution >= 4 is 12.9 Å². The van der Waals surface area contributed by atoms with E-state index in [1.165, 1.54) is 38.5 Å². The van der Waals surface area contributed by atoms with Gasteiger partial charge in [-0.3, -0.25) is 4.79 Å². The van der Waals surface area contributed by atoms with Crippen molar-refractivity contribution in [2.45, 2.75) is 69.0 Å². The molecule has 2 fully saturated rings. The molecule has 0 aromatic rings. The molecule has 2 rings (SSSR count). The summed E-state index contributed by atoms with van der Waals surface area (Å²) in [6, 6.07) is -0.556. The quantitative estimate of drug-likeness (QED) is 0.461. The van der Waals surface area contributed by atoms with E-state index in [0.717, 1.165) is 6.42 Å². The Morgan fingerprint density at radius 1 is 1.38 bits per heavy atom. The zero-order valence-electron chi connectivity index (χ0n) is 13.0. The Hall–Kier alpha value is -1.22. The Morgan fingerprint density at radius 3 is 2.48 bits per heavy atom. The first-order chi connectivity index (χ1) is 10.1. The number of nitrogens with two attached hydrogens (primary N) is 1. The van der Waals surface area contributed by atoms with Crippen LogP contribution in [0.3, 0.4) is 0 Å². The predicted octanol–water partition coefficient (Wildman–Crippen LogP) is 2.15. The second-order valence-electron chi connectivity index (χ2n) is 6.55. The fourth-order valence-corrected chi connectivity index (χ4v) is 3.75. The molecule has 2 saturated heterocycles. The first-order valence-corrected chi connectivity index (χ1v) is 8.18. The van der Waals surface area contributed by atoms with Crippen LogP contribution in [0.25, 0.3) is 0 Å². The summed E-state index contributed by atoms with van der Waals surface area (Å²) in [6.45, 7) is 0.736. The molecule has 21 heavy (non-hydrogen) atoms. The van der Waals surface area contributed by atoms with E-state index in [4.69, 9.17) is 15.6 Å². The average Bonchev–Trinajstić information content (AvgIpc) is 2.46. The van der Waals surface area contributed by atoms with Gasteiger partial charge in [-0.1, -0.05) is 38.5 Å². The molecule has 6 heteroatoms. The van der Waals surface area contributed by atoms with Crippen molar-refractivity contribution < 1.29 is 9.45 Å². The molecule has 1 atom stereocenters. The van der Waals surface area contributed by atoms with E-state index in [2.05, 4.69) is 0 Å². The smallest absolute Gasteiger partial charge is 0.367 e. The molecule has 5 nitrogen and oxygen atoms in total. The highest BCUT2D eigenvalue weighted by Gasteiger charge is 2.44. The van der Waals surface area contributed by atoms with Crippen LogP contribution in [0.2, 0.25) is 11.6 Å². The molecule has 0 aliphatic carbocycles. The van der Waals surface area contributed by atoms with Gasteiger partial charge in [-0.2, -0.15) is 5.26 Å². The minimum atomic E-state index is -0.556. The van der Waals surface area contributed by atoms with E-state index in [0.29, 0.717) is 24.6 Å². The Morgan fingerprint density at radius 2 is 1.95 bits per heavy atom. The monoisotopic (exact) mass is 291 g/mol. The van der Waals surface area contributed by atoms with Gasteiger partial charge >= 0.3 is 12.9 Å². The number of carbonyl (C=O) groups excluding carboxylic acids is 1. The summed E-state index contributed by atoms with van der Waals surface area (Å²) < 4.78 is 5.76. The number of hydrogen-bond acceptors (Lipinski definition) is 5. The maximum atomic E-state index is 12.2. The Bertz CT molecular complexity index is 377. The van der Waals surface area contributed by atoms with Gasteiger partial charge in [0.2, 0.25) is 0 Å². The molecule has 2 aliphatic rings. The second-order valence-corrected chi connectivity index (χ2v) is 6.55. The summed E-state index contributed by atoms with van der Waals surface area (Å²) in [4.78, 5) is 13.7. The van der Waals surface area contributed by atoms with E-state index >= 15 is 0 Å². The number of carbonyl (C=O) groups is 1. The molecule has 2 aliphatic heterocycles. The van der Waals surface area contributed by atoms with Crippen molar-refractivity contribution in [3.63, 3.8) is 0 Å². The normalized spacial score (nSPS) is 25.9. The second kappa shape index (κ2) is 7.70. The van der Waals surface area contributed by atoms with Gasteiger partial charge < -0.3 is 15.3 Å². The van der Waals surface area contributed by atoms with Crippen molar-refractivity contribution in [2.24, 2.45) is 5.73 Å². The van der Waals surface area contributed by atoms with Crippen molar-refractivity contribution in [3.05, 3.63) is 0 Å². The highest BCUT2D eigenvalue weighted by atomic mass is 16.5. The highest BCUT2D eigenvalue weighted by Crippen LogP contribution is 2.46. The van der Waals surface area contributed by atoms with Crippen LogP contribution in [0, 0.1) is 11.5 Å². The van der Waals surface area contributed by atoms with Gasteiger partial charge in [0, 0.05) is 13.6 Å². The van der Waals surface area contributed by atoms with Gasteiger partial charge in [-0.15, -0.1) is 0 Å². The summed E-state index contributed by atoms with van der Waals surface area (Å²) in [5.74, 6) is 0.857. The lowest BCUT2D eigenvalue weighted by molar-refractivity contribution is -0.136. The molecule has 0 saturated carbocycles. The lowest BCUT2D eigenvalue weighted by atomic mass is 9.38. The van der Waals surface area contributed by atoms with Crippen molar-refractivity contribution in [2.75, 3.05) is 13.6 Å². The van der Waals surface area contributed by atoms with Crippen LogP contribution in [-0.2, 0) is 9.45 Å². The predicted molar refractivity (Wildman–Crippen MR) is 82.5 cm³/mol. The third kappa shape index (κ3) is 4.37. The number of hydrogen-bond donors (Lipinski definition) is 1. The van der Waals surface area contributed by atoms with Crippen molar-refractivity contribution in [3.8, 4) is 6.19 Å². The molecular weight excluding hydrogens is 265 g/mol. The number of nitriles is 1. The molecule has 0 amide bonds. The third-order valence-electron chi connectivity index (χ3n) is 4.96. The van der Waals surface area contributed by atoms with Gasteiger partial charge in [0.1, 0.15) is 6.04 Å². The van der Waals surface area contributed by atoms with Crippen LogP contribution >= 0.6 is 0 Å². The average molecular weight is 291 g/mol. The van der Waals surface area contributed by atoms with Crippen LogP contribution in [0.5, 0.6) is 0 Å². The molecule has 0 aromatic carbocycles. The Balaban J connectivity index is 1.76. The summed E-state index contributed by atoms with van der Waals surface area (Å²) in [7, 11) is 1.73. The maximum Gasteiger partial charge on any atom is 0.367 e. The van der Waals surface area contributed by atoms with Gasteiger partial charge in [0.25, 0.3) is 0 Å². The summed E-state index contributed by atoms with van der Waals surface area (Å²) in [5, 5.41) is 8.67. The van der Waals surface area contributed by atoms with Crippen LogP contribution in [-0.4, -0.2) is 37.4 Å². The van der Waals surface area contributed by atoms with Crippen LogP contribution in [0.15, 0.2) is 0 Å². The van der Waals surface area contributed by atoms with Gasteiger partial charge in [-0.05, 0) is 24.5 Å². The third-order valence-corrected chi connectivity index (χ3v) is 4.96. The van der Waals surface area contributed by atoms with Crippen LogP contribution in [0.1, 0.15) is 51.4 Å². The van der Waals surface area contributed by atoms with Crippen LogP contribution < -0.4 is 5.73 Å². The van der Waals surface area contributed by atoms with Crippen molar-refractivity contribution in [1.29, 1.82) is 5.26 Å². The molecule has 0 aromatic heterocycles. The molecule has 0 spiro atoms. The molecule has 116 valence electrons. The standard InChI is InChI=1S/C15H26BN3O2/c1-19(11-17)10-4-9-14(18)15(20)21-16-12-5-2-6-13(16)8-3-7-12/h12-14H,2-10,18H2,1H3/t12?,13?,14-/m0/s1. The molecule has 0 radical (unpaired) electrons. The molecule has 0 unspecified atom stereocenters. The topological polar surface area (TPSA) is 79.4 Å². The number of fused-ring (bicyclic) bond motifs is 2. The van der Waals surface area contributed by atoms with Gasteiger partial charge in [0.05, 0.1) is 0 Å². The lowest BCUT2D eigenvalue weighted by Gasteiger charge is -2.39. The highest BCUT2D eigenvalue weighted by molar-refractivity contribution is 6.57. The minimum absolute atomic E-state index is 0.104. The number of nitrogens with zero attached hydrogens (tertiary/aromatic N) is 2. The summed E-state index contributed by atoms with van der Waals surface area (Å²) in [5.41, 5.74) is 5.94. The lowest BCUT2D eigenvalue weighted by Crippen LogP contribution is -2.43. The zero-order valence-corrected chi connectivity index (χ0v) is 13.0. The zero-order chi connectivity index (χ0) is 15.2. The molecular formula is C15H26BN3O2. The first-order valence-electron chi connectivity index (χ1n) is 8.18. The van der Waals surface area contributed by atoms with Gasteiger partial charge in [-0.25, -0.2) is 0 Å². The van der Waals surface area contributed by atoms with E-state index in [9.17, 15) is 4.79 Å². The van der Waals surface area contributed by atoms with Crippen molar-refractivity contribution in [1.82, 2.24) is 4.90 Å². The fourth-order valence-electron chi connectivity index (χ4n) is 3.75. The minimum Gasteiger partial charge on any atom is -0.535 e. The van der Waals surface area contributed by atoms with E-state index in [1.54, 1.807) is 11.9 Å². The maximum absolute atomic E-state index is 12.2. The summed E-state index contributed by atoms with van der Waals surface area (Å²) >= 11 is 0.